The summed E-state index contributed by atoms with van der Waals surface area (Å²) in [6, 6.07) is 16.2. The molecule has 9 heteroatoms. The molecule has 0 fully saturated rings. The molecule has 0 saturated carbocycles. The van der Waals surface area contributed by atoms with Crippen LogP contribution in [0.15, 0.2) is 60.8 Å². The SMILES string of the molecule is CC(OC(=O)c1cc(-c2ccc3c(c2)OCCO3)nc2c1cnn2C(C)C)C(=O)Nc1ccccc1. The quantitative estimate of drug-likeness (QED) is 0.396. The summed E-state index contributed by atoms with van der Waals surface area (Å²) in [5, 5.41) is 7.73. The fourth-order valence-electron chi connectivity index (χ4n) is 3.96. The smallest absolute Gasteiger partial charge is 0.339 e. The summed E-state index contributed by atoms with van der Waals surface area (Å²) in [5.41, 5.74) is 2.74. The van der Waals surface area contributed by atoms with Gasteiger partial charge in [-0.15, -0.1) is 0 Å². The van der Waals surface area contributed by atoms with Gasteiger partial charge in [0.25, 0.3) is 5.91 Å². The van der Waals surface area contributed by atoms with Crippen molar-refractivity contribution in [1.29, 1.82) is 0 Å². The van der Waals surface area contributed by atoms with Gasteiger partial charge in [-0.1, -0.05) is 18.2 Å². The van der Waals surface area contributed by atoms with Gasteiger partial charge in [0.15, 0.2) is 23.3 Å². The maximum absolute atomic E-state index is 13.3. The lowest BCUT2D eigenvalue weighted by Gasteiger charge is -2.19. The van der Waals surface area contributed by atoms with Crippen molar-refractivity contribution in [3.63, 3.8) is 0 Å². The monoisotopic (exact) mass is 486 g/mol. The van der Waals surface area contributed by atoms with E-state index >= 15 is 0 Å². The Morgan fingerprint density at radius 1 is 1.00 bits per heavy atom. The molecular formula is C27H26N4O5. The Hall–Kier alpha value is -4.40. The average Bonchev–Trinajstić information content (AvgIpc) is 3.33. The number of hydrogen-bond acceptors (Lipinski definition) is 7. The summed E-state index contributed by atoms with van der Waals surface area (Å²) in [4.78, 5) is 30.7. The van der Waals surface area contributed by atoms with Gasteiger partial charge in [0, 0.05) is 17.3 Å². The van der Waals surface area contributed by atoms with Gasteiger partial charge in [0.05, 0.1) is 22.8 Å². The summed E-state index contributed by atoms with van der Waals surface area (Å²) < 4.78 is 18.7. The van der Waals surface area contributed by atoms with E-state index in [0.29, 0.717) is 47.1 Å². The van der Waals surface area contributed by atoms with E-state index in [-0.39, 0.29) is 11.6 Å². The first-order valence-corrected chi connectivity index (χ1v) is 11.8. The Kier molecular flexibility index (Phi) is 6.28. The largest absolute Gasteiger partial charge is 0.486 e. The second-order valence-corrected chi connectivity index (χ2v) is 8.74. The zero-order valence-electron chi connectivity index (χ0n) is 20.2. The zero-order valence-corrected chi connectivity index (χ0v) is 20.2. The number of fused-ring (bicyclic) bond motifs is 2. The minimum Gasteiger partial charge on any atom is -0.486 e. The summed E-state index contributed by atoms with van der Waals surface area (Å²) in [6.07, 6.45) is 0.583. The fraction of sp³-hybridized carbons (Fsp3) is 0.259. The van der Waals surface area contributed by atoms with Crippen LogP contribution < -0.4 is 14.8 Å². The molecule has 5 rings (SSSR count). The first kappa shape index (κ1) is 23.3. The predicted molar refractivity (Wildman–Crippen MR) is 134 cm³/mol. The maximum atomic E-state index is 13.3. The number of anilines is 1. The van der Waals surface area contributed by atoms with Crippen molar-refractivity contribution >= 4 is 28.6 Å². The van der Waals surface area contributed by atoms with Gasteiger partial charge in [0.2, 0.25) is 0 Å². The van der Waals surface area contributed by atoms with Crippen LogP contribution in [0.5, 0.6) is 11.5 Å². The first-order valence-electron chi connectivity index (χ1n) is 11.8. The average molecular weight is 487 g/mol. The van der Waals surface area contributed by atoms with Crippen LogP contribution in [0.25, 0.3) is 22.3 Å². The summed E-state index contributed by atoms with van der Waals surface area (Å²) in [7, 11) is 0. The van der Waals surface area contributed by atoms with Crippen LogP contribution in [0.3, 0.4) is 0 Å². The fourth-order valence-corrected chi connectivity index (χ4v) is 3.96. The van der Waals surface area contributed by atoms with Crippen LogP contribution in [0, 0.1) is 0 Å². The molecule has 9 nitrogen and oxygen atoms in total. The lowest BCUT2D eigenvalue weighted by Crippen LogP contribution is -2.30. The number of amides is 1. The van der Waals surface area contributed by atoms with E-state index in [2.05, 4.69) is 10.4 Å². The number of carbonyl (C=O) groups is 2. The first-order chi connectivity index (χ1) is 17.4. The minimum absolute atomic E-state index is 0.0185. The van der Waals surface area contributed by atoms with E-state index in [1.54, 1.807) is 29.1 Å². The summed E-state index contributed by atoms with van der Waals surface area (Å²) in [6.45, 7) is 6.46. The Balaban J connectivity index is 1.49. The van der Waals surface area contributed by atoms with Crippen LogP contribution >= 0.6 is 0 Å². The molecule has 1 aliphatic heterocycles. The summed E-state index contributed by atoms with van der Waals surface area (Å²) >= 11 is 0. The van der Waals surface area contributed by atoms with Gasteiger partial charge in [-0.05, 0) is 57.2 Å². The second kappa shape index (κ2) is 9.69. The maximum Gasteiger partial charge on any atom is 0.339 e. The standard InChI is InChI=1S/C27H26N4O5/c1-16(2)31-25-21(15-28-31)20(27(33)36-17(3)26(32)29-19-7-5-4-6-8-19)14-22(30-25)18-9-10-23-24(13-18)35-12-11-34-23/h4-10,13-17H,11-12H2,1-3H3,(H,29,32). The Bertz CT molecular complexity index is 1430. The molecule has 1 N–H and O–H groups in total. The zero-order chi connectivity index (χ0) is 25.2. The number of rotatable bonds is 6. The summed E-state index contributed by atoms with van der Waals surface area (Å²) in [5.74, 6) is 0.217. The van der Waals surface area contributed by atoms with Crippen molar-refractivity contribution in [2.45, 2.75) is 32.9 Å². The highest BCUT2D eigenvalue weighted by Crippen LogP contribution is 2.35. The number of nitrogens with zero attached hydrogens (tertiary/aromatic N) is 3. The van der Waals surface area contributed by atoms with Crippen LogP contribution in [0.1, 0.15) is 37.2 Å². The minimum atomic E-state index is -1.01. The van der Waals surface area contributed by atoms with Gasteiger partial charge in [0.1, 0.15) is 13.2 Å². The van der Waals surface area contributed by atoms with E-state index in [4.69, 9.17) is 19.2 Å². The molecule has 36 heavy (non-hydrogen) atoms. The van der Waals surface area contributed by atoms with E-state index in [0.717, 1.165) is 5.56 Å². The molecule has 0 aliphatic carbocycles. The number of benzene rings is 2. The second-order valence-electron chi connectivity index (χ2n) is 8.74. The van der Waals surface area contributed by atoms with Crippen molar-refractivity contribution in [3.8, 4) is 22.8 Å². The van der Waals surface area contributed by atoms with Crippen molar-refractivity contribution in [2.75, 3.05) is 18.5 Å². The van der Waals surface area contributed by atoms with Crippen LogP contribution in [-0.4, -0.2) is 46.0 Å². The third-order valence-corrected chi connectivity index (χ3v) is 5.81. The number of esters is 1. The molecule has 184 valence electrons. The highest BCUT2D eigenvalue weighted by atomic mass is 16.6. The number of pyridine rings is 1. The lowest BCUT2D eigenvalue weighted by molar-refractivity contribution is -0.123. The van der Waals surface area contributed by atoms with Gasteiger partial charge in [-0.2, -0.15) is 5.10 Å². The molecule has 3 heterocycles. The van der Waals surface area contributed by atoms with Crippen LogP contribution in [-0.2, 0) is 9.53 Å². The molecule has 2 aromatic heterocycles. The highest BCUT2D eigenvalue weighted by molar-refractivity contribution is 6.05. The van der Waals surface area contributed by atoms with Gasteiger partial charge in [-0.25, -0.2) is 14.5 Å². The molecular weight excluding hydrogens is 460 g/mol. The molecule has 1 amide bonds. The van der Waals surface area contributed by atoms with E-state index < -0.39 is 18.0 Å². The predicted octanol–water partition coefficient (Wildman–Crippen LogP) is 4.63. The van der Waals surface area contributed by atoms with Gasteiger partial charge >= 0.3 is 5.97 Å². The van der Waals surface area contributed by atoms with Gasteiger partial charge < -0.3 is 19.5 Å². The number of para-hydroxylation sites is 1. The molecule has 4 aromatic rings. The van der Waals surface area contributed by atoms with Crippen molar-refractivity contribution in [3.05, 3.63) is 66.4 Å². The van der Waals surface area contributed by atoms with Crippen molar-refractivity contribution in [2.24, 2.45) is 0 Å². The number of carbonyl (C=O) groups excluding carboxylic acids is 2. The van der Waals surface area contributed by atoms with Crippen LogP contribution in [0.4, 0.5) is 5.69 Å². The molecule has 0 saturated heterocycles. The van der Waals surface area contributed by atoms with Crippen molar-refractivity contribution in [1.82, 2.24) is 14.8 Å². The third kappa shape index (κ3) is 4.59. The number of nitrogens with one attached hydrogen (secondary N) is 1. The van der Waals surface area contributed by atoms with Crippen LogP contribution in [0.2, 0.25) is 0 Å². The third-order valence-electron chi connectivity index (χ3n) is 5.81. The van der Waals surface area contributed by atoms with E-state index in [1.165, 1.54) is 6.92 Å². The molecule has 2 aromatic carbocycles. The molecule has 1 unspecified atom stereocenters. The molecule has 0 spiro atoms. The Morgan fingerprint density at radius 3 is 2.50 bits per heavy atom. The topological polar surface area (TPSA) is 105 Å². The molecule has 0 radical (unpaired) electrons. The Morgan fingerprint density at radius 2 is 1.75 bits per heavy atom. The van der Waals surface area contributed by atoms with Gasteiger partial charge in [-0.3, -0.25) is 4.79 Å². The molecule has 0 bridgehead atoms. The van der Waals surface area contributed by atoms with E-state index in [1.807, 2.05) is 50.2 Å². The molecule has 1 aliphatic rings. The normalized spacial score (nSPS) is 13.4. The van der Waals surface area contributed by atoms with E-state index in [9.17, 15) is 9.59 Å². The number of hydrogen-bond donors (Lipinski definition) is 1. The molecule has 1 atom stereocenters. The number of aromatic nitrogens is 3. The lowest BCUT2D eigenvalue weighted by atomic mass is 10.1. The Labute approximate surface area is 208 Å². The number of ether oxygens (including phenoxy) is 3. The highest BCUT2D eigenvalue weighted by Gasteiger charge is 2.24. The van der Waals surface area contributed by atoms with Crippen molar-refractivity contribution < 1.29 is 23.8 Å².